The Morgan fingerprint density at radius 3 is 2.03 bits per heavy atom. The van der Waals surface area contributed by atoms with Crippen LogP contribution in [0.4, 0.5) is 4.79 Å². The molecule has 1 unspecified atom stereocenters. The van der Waals surface area contributed by atoms with E-state index in [1.807, 2.05) is 67.6 Å². The molecule has 7 nitrogen and oxygen atoms in total. The van der Waals surface area contributed by atoms with Gasteiger partial charge in [-0.15, -0.1) is 0 Å². The van der Waals surface area contributed by atoms with E-state index in [4.69, 9.17) is 4.74 Å². The average molecular weight is 497 g/mol. The van der Waals surface area contributed by atoms with Crippen LogP contribution in [0.15, 0.2) is 95.9 Å². The summed E-state index contributed by atoms with van der Waals surface area (Å²) in [6.45, 7) is 2.04. The first kappa shape index (κ1) is 26.4. The second-order valence-electron chi connectivity index (χ2n) is 8.25. The van der Waals surface area contributed by atoms with E-state index in [9.17, 15) is 18.3 Å². The molecule has 0 aliphatic heterocycles. The van der Waals surface area contributed by atoms with Crippen molar-refractivity contribution in [1.29, 1.82) is 0 Å². The van der Waals surface area contributed by atoms with Crippen LogP contribution in [0.2, 0.25) is 0 Å². The first-order valence-corrected chi connectivity index (χ1v) is 13.1. The number of carbonyl (C=O) groups is 1. The Morgan fingerprint density at radius 2 is 1.46 bits per heavy atom. The molecule has 0 fully saturated rings. The number of benzene rings is 3. The average Bonchev–Trinajstić information content (AvgIpc) is 2.88. The molecule has 3 aromatic carbocycles. The Bertz CT molecular complexity index is 1140. The van der Waals surface area contributed by atoms with Gasteiger partial charge in [-0.25, -0.2) is 13.2 Å². The third-order valence-electron chi connectivity index (χ3n) is 5.52. The van der Waals surface area contributed by atoms with E-state index in [2.05, 4.69) is 5.32 Å². The molecule has 0 bridgehead atoms. The van der Waals surface area contributed by atoms with E-state index in [1.165, 1.54) is 16.4 Å². The van der Waals surface area contributed by atoms with Crippen LogP contribution >= 0.6 is 0 Å². The van der Waals surface area contributed by atoms with Gasteiger partial charge in [-0.1, -0.05) is 85.8 Å². The van der Waals surface area contributed by atoms with Crippen molar-refractivity contribution in [3.05, 3.63) is 102 Å². The number of nitrogens with zero attached hydrogens (tertiary/aromatic N) is 1. The Balaban J connectivity index is 1.75. The summed E-state index contributed by atoms with van der Waals surface area (Å²) in [6.07, 6.45) is -0.950. The molecule has 186 valence electrons. The Kier molecular flexibility index (Phi) is 9.84. The van der Waals surface area contributed by atoms with Gasteiger partial charge in [0.1, 0.15) is 6.61 Å². The highest BCUT2D eigenvalue weighted by Gasteiger charge is 2.30. The molecule has 35 heavy (non-hydrogen) atoms. The summed E-state index contributed by atoms with van der Waals surface area (Å²) >= 11 is 0. The Hall–Kier alpha value is -3.20. The molecule has 0 aromatic heterocycles. The maximum Gasteiger partial charge on any atom is 0.407 e. The molecule has 2 atom stereocenters. The van der Waals surface area contributed by atoms with Crippen molar-refractivity contribution in [3.63, 3.8) is 0 Å². The van der Waals surface area contributed by atoms with E-state index in [-0.39, 0.29) is 24.6 Å². The van der Waals surface area contributed by atoms with Gasteiger partial charge < -0.3 is 15.2 Å². The van der Waals surface area contributed by atoms with Crippen LogP contribution in [-0.4, -0.2) is 49.2 Å². The van der Waals surface area contributed by atoms with Crippen LogP contribution < -0.4 is 5.32 Å². The molecule has 0 radical (unpaired) electrons. The number of aliphatic hydroxyl groups excluding tert-OH is 1. The number of hydrogen-bond acceptors (Lipinski definition) is 5. The van der Waals surface area contributed by atoms with Crippen molar-refractivity contribution in [2.75, 3.05) is 13.1 Å². The van der Waals surface area contributed by atoms with Crippen molar-refractivity contribution < 1.29 is 23.1 Å². The van der Waals surface area contributed by atoms with Gasteiger partial charge in [0.15, 0.2) is 0 Å². The molecule has 0 saturated carbocycles. The lowest BCUT2D eigenvalue weighted by Gasteiger charge is -2.29. The highest BCUT2D eigenvalue weighted by atomic mass is 32.2. The van der Waals surface area contributed by atoms with Crippen LogP contribution in [0, 0.1) is 0 Å². The van der Waals surface area contributed by atoms with Crippen LogP contribution in [0.25, 0.3) is 0 Å². The predicted molar refractivity (Wildman–Crippen MR) is 135 cm³/mol. The minimum atomic E-state index is -3.81. The van der Waals surface area contributed by atoms with Crippen LogP contribution in [0.1, 0.15) is 24.5 Å². The summed E-state index contributed by atoms with van der Waals surface area (Å²) in [4.78, 5) is 12.7. The molecule has 3 rings (SSSR count). The lowest BCUT2D eigenvalue weighted by atomic mass is 10.0. The fourth-order valence-electron chi connectivity index (χ4n) is 3.70. The zero-order valence-corrected chi connectivity index (χ0v) is 20.6. The van der Waals surface area contributed by atoms with Crippen molar-refractivity contribution >= 4 is 16.1 Å². The van der Waals surface area contributed by atoms with Crippen molar-refractivity contribution in [1.82, 2.24) is 9.62 Å². The third-order valence-corrected chi connectivity index (χ3v) is 7.40. The number of hydrogen-bond donors (Lipinski definition) is 2. The topological polar surface area (TPSA) is 95.9 Å². The van der Waals surface area contributed by atoms with E-state index >= 15 is 0 Å². The van der Waals surface area contributed by atoms with E-state index in [0.29, 0.717) is 12.8 Å². The predicted octanol–water partition coefficient (Wildman–Crippen LogP) is 3.99. The van der Waals surface area contributed by atoms with Crippen LogP contribution in [0.5, 0.6) is 0 Å². The van der Waals surface area contributed by atoms with Gasteiger partial charge in [-0.3, -0.25) is 0 Å². The molecule has 8 heteroatoms. The zero-order chi connectivity index (χ0) is 25.1. The molecule has 0 spiro atoms. The molecule has 0 heterocycles. The van der Waals surface area contributed by atoms with Crippen LogP contribution in [0.3, 0.4) is 0 Å². The molecule has 1 amide bonds. The third kappa shape index (κ3) is 7.92. The maximum absolute atomic E-state index is 13.2. The number of amides is 1. The number of ether oxygens (including phenoxy) is 1. The number of alkyl carbamates (subject to hydrolysis) is 1. The maximum atomic E-state index is 13.2. The fraction of sp³-hybridized carbons (Fsp3) is 0.296. The highest BCUT2D eigenvalue weighted by Crippen LogP contribution is 2.18. The van der Waals surface area contributed by atoms with Gasteiger partial charge in [0.05, 0.1) is 17.0 Å². The lowest BCUT2D eigenvalue weighted by molar-refractivity contribution is 0.0889. The largest absolute Gasteiger partial charge is 0.445 e. The van der Waals surface area contributed by atoms with Crippen molar-refractivity contribution in [3.8, 4) is 0 Å². The molecule has 2 N–H and O–H groups in total. The van der Waals surface area contributed by atoms with Gasteiger partial charge in [-0.05, 0) is 36.1 Å². The summed E-state index contributed by atoms with van der Waals surface area (Å²) in [5, 5.41) is 13.9. The summed E-state index contributed by atoms with van der Waals surface area (Å²) in [5.74, 6) is 0. The Morgan fingerprint density at radius 1 is 0.914 bits per heavy atom. The Labute approximate surface area is 207 Å². The van der Waals surface area contributed by atoms with Gasteiger partial charge >= 0.3 is 6.09 Å². The van der Waals surface area contributed by atoms with E-state index in [0.717, 1.165) is 11.1 Å². The van der Waals surface area contributed by atoms with E-state index < -0.39 is 28.3 Å². The minimum absolute atomic E-state index is 0.0885. The number of aliphatic hydroxyl groups is 1. The number of carbonyl (C=O) groups excluding carboxylic acids is 1. The first-order chi connectivity index (χ1) is 16.9. The lowest BCUT2D eigenvalue weighted by Crippen LogP contribution is -2.50. The van der Waals surface area contributed by atoms with Gasteiger partial charge in [0.2, 0.25) is 10.0 Å². The van der Waals surface area contributed by atoms with E-state index in [1.54, 1.807) is 18.2 Å². The SMILES string of the molecule is CCCN(C[C@@H](O)C(Cc1ccccc1)NC(=O)OCc1ccccc1)S(=O)(=O)c1ccccc1. The fourth-order valence-corrected chi connectivity index (χ4v) is 5.27. The number of rotatable bonds is 12. The van der Waals surface area contributed by atoms with Gasteiger partial charge in [-0.2, -0.15) is 4.31 Å². The summed E-state index contributed by atoms with van der Waals surface area (Å²) in [7, 11) is -3.81. The van der Waals surface area contributed by atoms with Crippen molar-refractivity contribution in [2.45, 2.75) is 43.4 Å². The normalized spacial score (nSPS) is 13.2. The molecule has 0 aliphatic rings. The zero-order valence-electron chi connectivity index (χ0n) is 19.8. The quantitative estimate of drug-likeness (QED) is 0.395. The van der Waals surface area contributed by atoms with Crippen molar-refractivity contribution in [2.24, 2.45) is 0 Å². The van der Waals surface area contributed by atoms with Gasteiger partial charge in [0.25, 0.3) is 0 Å². The number of sulfonamides is 1. The molecule has 0 saturated heterocycles. The minimum Gasteiger partial charge on any atom is -0.445 e. The molecule has 3 aromatic rings. The molecular formula is C27H32N2O5S. The summed E-state index contributed by atoms with van der Waals surface area (Å²) in [5.41, 5.74) is 1.73. The smallest absolute Gasteiger partial charge is 0.407 e. The molecular weight excluding hydrogens is 464 g/mol. The molecule has 0 aliphatic carbocycles. The number of nitrogens with one attached hydrogen (secondary N) is 1. The second-order valence-corrected chi connectivity index (χ2v) is 10.2. The summed E-state index contributed by atoms with van der Waals surface area (Å²) < 4.78 is 33.1. The van der Waals surface area contributed by atoms with Crippen LogP contribution in [-0.2, 0) is 27.8 Å². The standard InChI is InChI=1S/C27H32N2O5S/c1-2-18-29(35(32,33)24-16-10-5-11-17-24)20-26(30)25(19-22-12-6-3-7-13-22)28-27(31)34-21-23-14-8-4-9-15-23/h3-17,25-26,30H,2,18-21H2,1H3,(H,28,31)/t25?,26-/m1/s1. The van der Waals surface area contributed by atoms with Gasteiger partial charge in [0, 0.05) is 13.1 Å². The second kappa shape index (κ2) is 13.0. The first-order valence-electron chi connectivity index (χ1n) is 11.6. The highest BCUT2D eigenvalue weighted by molar-refractivity contribution is 7.89. The summed E-state index contributed by atoms with van der Waals surface area (Å²) in [6, 6.07) is 26.1. The monoisotopic (exact) mass is 496 g/mol.